The topological polar surface area (TPSA) is 86.8 Å². The maximum atomic E-state index is 13.5. The smallest absolute Gasteiger partial charge is 0.242 e. The minimum absolute atomic E-state index is 0.0122. The third kappa shape index (κ3) is 9.19. The van der Waals surface area contributed by atoms with Gasteiger partial charge in [0.25, 0.3) is 0 Å². The zero-order valence-electron chi connectivity index (χ0n) is 21.8. The van der Waals surface area contributed by atoms with E-state index in [0.29, 0.717) is 33.6 Å². The highest BCUT2D eigenvalue weighted by Crippen LogP contribution is 2.31. The first-order chi connectivity index (χ1) is 17.8. The highest BCUT2D eigenvalue weighted by Gasteiger charge is 2.30. The van der Waals surface area contributed by atoms with Gasteiger partial charge in [0.2, 0.25) is 21.8 Å². The maximum absolute atomic E-state index is 13.5. The van der Waals surface area contributed by atoms with Gasteiger partial charge in [0.15, 0.2) is 0 Å². The Morgan fingerprint density at radius 1 is 1.00 bits per heavy atom. The van der Waals surface area contributed by atoms with Gasteiger partial charge in [-0.25, -0.2) is 8.42 Å². The van der Waals surface area contributed by atoms with E-state index in [1.54, 1.807) is 24.3 Å². The fraction of sp³-hybridized carbons (Fsp3) is 0.462. The van der Waals surface area contributed by atoms with Gasteiger partial charge in [-0.3, -0.25) is 13.9 Å². The molecule has 0 radical (unpaired) electrons. The highest BCUT2D eigenvalue weighted by atomic mass is 35.5. The van der Waals surface area contributed by atoms with Crippen molar-refractivity contribution in [1.29, 1.82) is 0 Å². The lowest BCUT2D eigenvalue weighted by Gasteiger charge is -2.32. The van der Waals surface area contributed by atoms with Gasteiger partial charge < -0.3 is 10.2 Å². The molecule has 2 amide bonds. The number of benzene rings is 2. The monoisotopic (exact) mass is 623 g/mol. The molecule has 210 valence electrons. The lowest BCUT2D eigenvalue weighted by Crippen LogP contribution is -2.49. The summed E-state index contributed by atoms with van der Waals surface area (Å²) in [6.45, 7) is 6.26. The molecule has 0 unspecified atom stereocenters. The fourth-order valence-electron chi connectivity index (χ4n) is 3.86. The van der Waals surface area contributed by atoms with Gasteiger partial charge in [-0.15, -0.1) is 0 Å². The summed E-state index contributed by atoms with van der Waals surface area (Å²) in [6.07, 6.45) is 1.57. The summed E-state index contributed by atoms with van der Waals surface area (Å²) in [5, 5.41) is 4.20. The van der Waals surface area contributed by atoms with Crippen molar-refractivity contribution >= 4 is 73.9 Å². The van der Waals surface area contributed by atoms with Crippen LogP contribution in [0, 0.1) is 5.92 Å². The normalized spacial score (nSPS) is 12.3. The van der Waals surface area contributed by atoms with Gasteiger partial charge in [0.1, 0.15) is 6.04 Å². The first-order valence-corrected chi connectivity index (χ1v) is 15.5. The van der Waals surface area contributed by atoms with Crippen LogP contribution < -0.4 is 9.62 Å². The van der Waals surface area contributed by atoms with E-state index in [1.165, 1.54) is 17.0 Å². The molecule has 0 aliphatic heterocycles. The van der Waals surface area contributed by atoms with Crippen molar-refractivity contribution in [2.24, 2.45) is 5.92 Å². The number of amides is 2. The summed E-state index contributed by atoms with van der Waals surface area (Å²) in [5.74, 6) is -0.377. The van der Waals surface area contributed by atoms with Crippen LogP contribution in [0.5, 0.6) is 0 Å². The molecule has 0 aliphatic rings. The molecule has 0 aliphatic carbocycles. The molecule has 7 nitrogen and oxygen atoms in total. The van der Waals surface area contributed by atoms with Crippen molar-refractivity contribution in [3.8, 4) is 0 Å². The van der Waals surface area contributed by atoms with E-state index in [1.807, 2.05) is 20.8 Å². The Balaban J connectivity index is 2.30. The Morgan fingerprint density at radius 2 is 1.63 bits per heavy atom. The van der Waals surface area contributed by atoms with Gasteiger partial charge in [-0.05, 0) is 49.1 Å². The number of nitrogens with one attached hydrogen (secondary N) is 1. The van der Waals surface area contributed by atoms with Crippen LogP contribution in [0.15, 0.2) is 36.4 Å². The van der Waals surface area contributed by atoms with Crippen molar-refractivity contribution < 1.29 is 18.0 Å². The fourth-order valence-corrected chi connectivity index (χ4v) is 5.78. The molecule has 0 aromatic heterocycles. The van der Waals surface area contributed by atoms with Crippen molar-refractivity contribution in [2.75, 3.05) is 23.7 Å². The van der Waals surface area contributed by atoms with E-state index in [4.69, 9.17) is 46.4 Å². The van der Waals surface area contributed by atoms with Gasteiger partial charge in [-0.2, -0.15) is 0 Å². The second-order valence-corrected chi connectivity index (χ2v) is 12.9. The average molecular weight is 625 g/mol. The predicted octanol–water partition coefficient (Wildman–Crippen LogP) is 6.43. The number of sulfonamides is 1. The number of hydrogen-bond acceptors (Lipinski definition) is 4. The minimum atomic E-state index is -3.72. The van der Waals surface area contributed by atoms with Gasteiger partial charge in [-0.1, -0.05) is 73.2 Å². The van der Waals surface area contributed by atoms with Crippen LogP contribution in [0.1, 0.15) is 45.6 Å². The van der Waals surface area contributed by atoms with Gasteiger partial charge in [0, 0.05) is 46.7 Å². The lowest BCUT2D eigenvalue weighted by atomic mass is 10.1. The Hall–Kier alpha value is -1.71. The van der Waals surface area contributed by atoms with Crippen LogP contribution in [-0.4, -0.2) is 50.5 Å². The molecule has 0 saturated carbocycles. The molecule has 2 aromatic carbocycles. The third-order valence-corrected chi connectivity index (χ3v) is 8.23. The zero-order chi connectivity index (χ0) is 28.6. The zero-order valence-corrected chi connectivity index (χ0v) is 25.6. The number of carbonyl (C=O) groups excluding carboxylic acids is 2. The Kier molecular flexibility index (Phi) is 12.5. The van der Waals surface area contributed by atoms with E-state index >= 15 is 0 Å². The standard InChI is InChI=1S/C26H33Cl4N3O4S/c1-5-23(26(35)31-15-17(2)3)32(16-19-20(28)8-6-9-21(19)29)25(34)10-7-13-33(38(4,36)37)24-14-18(27)11-12-22(24)30/h6,8-9,11-12,14,17,23H,5,7,10,13,15-16H2,1-4H3,(H,31,35)/t23-/m1/s1. The van der Waals surface area contributed by atoms with Crippen LogP contribution in [0.4, 0.5) is 5.69 Å². The molecule has 0 heterocycles. The van der Waals surface area contributed by atoms with Crippen LogP contribution in [0.3, 0.4) is 0 Å². The third-order valence-electron chi connectivity index (χ3n) is 5.79. The molecule has 38 heavy (non-hydrogen) atoms. The molecule has 2 rings (SSSR count). The van der Waals surface area contributed by atoms with Crippen LogP contribution >= 0.6 is 46.4 Å². The number of anilines is 1. The van der Waals surface area contributed by atoms with Crippen molar-refractivity contribution in [3.63, 3.8) is 0 Å². The SMILES string of the molecule is CC[C@H](C(=O)NCC(C)C)N(Cc1c(Cl)cccc1Cl)C(=O)CCCN(c1cc(Cl)ccc1Cl)S(C)(=O)=O. The summed E-state index contributed by atoms with van der Waals surface area (Å²) in [7, 11) is -3.72. The van der Waals surface area contributed by atoms with E-state index in [2.05, 4.69) is 5.32 Å². The number of nitrogens with zero attached hydrogens (tertiary/aromatic N) is 2. The molecule has 0 fully saturated rings. The van der Waals surface area contributed by atoms with E-state index in [-0.39, 0.29) is 54.4 Å². The second-order valence-electron chi connectivity index (χ2n) is 9.32. The van der Waals surface area contributed by atoms with E-state index < -0.39 is 16.1 Å². The summed E-state index contributed by atoms with van der Waals surface area (Å²) in [4.78, 5) is 28.1. The Bertz CT molecular complexity index is 1220. The van der Waals surface area contributed by atoms with Crippen molar-refractivity contribution in [3.05, 3.63) is 62.1 Å². The Labute approximate surface area is 245 Å². The molecule has 12 heteroatoms. The molecule has 0 spiro atoms. The second kappa shape index (κ2) is 14.6. The quantitative estimate of drug-likeness (QED) is 0.278. The summed E-state index contributed by atoms with van der Waals surface area (Å²) in [5.41, 5.74) is 0.760. The molecule has 0 saturated heterocycles. The predicted molar refractivity (Wildman–Crippen MR) is 157 cm³/mol. The highest BCUT2D eigenvalue weighted by molar-refractivity contribution is 7.92. The van der Waals surface area contributed by atoms with Crippen LogP contribution in [0.25, 0.3) is 0 Å². The largest absolute Gasteiger partial charge is 0.354 e. The molecule has 2 aromatic rings. The lowest BCUT2D eigenvalue weighted by molar-refractivity contribution is -0.141. The van der Waals surface area contributed by atoms with Gasteiger partial charge >= 0.3 is 0 Å². The van der Waals surface area contributed by atoms with E-state index in [9.17, 15) is 18.0 Å². The first-order valence-electron chi connectivity index (χ1n) is 12.2. The molecular formula is C26H33Cl4N3O4S. The van der Waals surface area contributed by atoms with Crippen molar-refractivity contribution in [1.82, 2.24) is 10.2 Å². The molecule has 1 atom stereocenters. The number of carbonyl (C=O) groups is 2. The molecule has 1 N–H and O–H groups in total. The molecular weight excluding hydrogens is 592 g/mol. The summed E-state index contributed by atoms with van der Waals surface area (Å²) >= 11 is 25.1. The van der Waals surface area contributed by atoms with Crippen LogP contribution in [0.2, 0.25) is 20.1 Å². The minimum Gasteiger partial charge on any atom is -0.354 e. The van der Waals surface area contributed by atoms with E-state index in [0.717, 1.165) is 10.6 Å². The number of hydrogen-bond donors (Lipinski definition) is 1. The summed E-state index contributed by atoms with van der Waals surface area (Å²) in [6, 6.07) is 8.82. The average Bonchev–Trinajstić information content (AvgIpc) is 2.83. The maximum Gasteiger partial charge on any atom is 0.242 e. The van der Waals surface area contributed by atoms with Gasteiger partial charge in [0.05, 0.1) is 17.0 Å². The van der Waals surface area contributed by atoms with Crippen molar-refractivity contribution in [2.45, 2.75) is 52.6 Å². The Morgan fingerprint density at radius 3 is 2.18 bits per heavy atom. The summed E-state index contributed by atoms with van der Waals surface area (Å²) < 4.78 is 26.2. The first kappa shape index (κ1) is 32.5. The van der Waals surface area contributed by atoms with Crippen LogP contribution in [-0.2, 0) is 26.2 Å². The molecule has 0 bridgehead atoms. The number of rotatable bonds is 13. The number of halogens is 4.